The van der Waals surface area contributed by atoms with Crippen molar-refractivity contribution < 1.29 is 9.90 Å². The zero-order chi connectivity index (χ0) is 27.2. The molecule has 1 N–H and O–H groups in total. The van der Waals surface area contributed by atoms with Gasteiger partial charge in [-0.05, 0) is 84.0 Å². The van der Waals surface area contributed by atoms with Crippen LogP contribution in [0.3, 0.4) is 0 Å². The summed E-state index contributed by atoms with van der Waals surface area (Å²) in [5.41, 5.74) is 8.82. The number of rotatable bonds is 6. The molecule has 6 nitrogen and oxygen atoms in total. The summed E-state index contributed by atoms with van der Waals surface area (Å²) in [6, 6.07) is 20.9. The van der Waals surface area contributed by atoms with Crippen molar-refractivity contribution in [3.05, 3.63) is 95.3 Å². The molecule has 0 saturated heterocycles. The minimum absolute atomic E-state index is 0.396. The van der Waals surface area contributed by atoms with Crippen molar-refractivity contribution in [2.24, 2.45) is 7.05 Å². The molecule has 1 aliphatic rings. The van der Waals surface area contributed by atoms with Gasteiger partial charge in [-0.1, -0.05) is 31.4 Å². The van der Waals surface area contributed by atoms with Gasteiger partial charge in [0.25, 0.3) is 0 Å². The van der Waals surface area contributed by atoms with E-state index in [-0.39, 0.29) is 0 Å². The molecule has 0 amide bonds. The Labute approximate surface area is 236 Å². The van der Waals surface area contributed by atoms with Crippen molar-refractivity contribution >= 4 is 38.4 Å². The summed E-state index contributed by atoms with van der Waals surface area (Å²) < 4.78 is 5.54. The minimum Gasteiger partial charge on any atom is -0.477 e. The number of aryl methyl sites for hydroxylation is 1. The molecule has 200 valence electrons. The summed E-state index contributed by atoms with van der Waals surface area (Å²) >= 11 is 1.42. The lowest BCUT2D eigenvalue weighted by molar-refractivity contribution is 0.0702. The van der Waals surface area contributed by atoms with Gasteiger partial charge in [0.2, 0.25) is 0 Å². The predicted octanol–water partition coefficient (Wildman–Crippen LogP) is 8.11. The Bertz CT molecular complexity index is 1860. The number of benzene rings is 1. The lowest BCUT2D eigenvalue weighted by Gasteiger charge is -2.24. The van der Waals surface area contributed by atoms with Crippen LogP contribution < -0.4 is 0 Å². The Morgan fingerprint density at radius 3 is 2.60 bits per heavy atom. The fraction of sp³-hybridized carbons (Fsp3) is 0.242. The molecule has 1 fully saturated rings. The summed E-state index contributed by atoms with van der Waals surface area (Å²) in [7, 11) is 2.04. The molecular formula is C33H30N4O2S. The van der Waals surface area contributed by atoms with Crippen LogP contribution in [0.15, 0.2) is 79.3 Å². The van der Waals surface area contributed by atoms with Crippen molar-refractivity contribution in [2.75, 3.05) is 0 Å². The van der Waals surface area contributed by atoms with E-state index >= 15 is 0 Å². The minimum atomic E-state index is -0.862. The van der Waals surface area contributed by atoms with Crippen molar-refractivity contribution in [3.63, 3.8) is 0 Å². The van der Waals surface area contributed by atoms with Crippen LogP contribution in [0.1, 0.15) is 58.8 Å². The van der Waals surface area contributed by atoms with E-state index in [1.165, 1.54) is 41.9 Å². The Morgan fingerprint density at radius 2 is 1.85 bits per heavy atom. The number of fused-ring (bicyclic) bond motifs is 2. The topological polar surface area (TPSA) is 72.9 Å². The molecule has 0 atom stereocenters. The molecule has 5 aromatic heterocycles. The van der Waals surface area contributed by atoms with E-state index in [0.717, 1.165) is 56.5 Å². The van der Waals surface area contributed by atoms with Crippen molar-refractivity contribution in [1.29, 1.82) is 0 Å². The van der Waals surface area contributed by atoms with Gasteiger partial charge in [0, 0.05) is 37.6 Å². The molecule has 0 spiro atoms. The number of carboxylic acid groups (broad SMARTS) is 1. The predicted molar refractivity (Wildman–Crippen MR) is 161 cm³/mol. The maximum absolute atomic E-state index is 12.0. The van der Waals surface area contributed by atoms with E-state index in [4.69, 9.17) is 4.98 Å². The summed E-state index contributed by atoms with van der Waals surface area (Å²) in [4.78, 5) is 21.6. The SMILES string of the molecule is Cn1cccc1-c1ccc2cc(-c3c(C4CCCCC4)c4sc(C(=O)O)cc4n3Cc3ccncc3)ccc2n1. The van der Waals surface area contributed by atoms with Crippen LogP contribution in [0.2, 0.25) is 0 Å². The third-order valence-electron chi connectivity index (χ3n) is 8.26. The fourth-order valence-electron chi connectivity index (χ4n) is 6.31. The molecule has 0 radical (unpaired) electrons. The van der Waals surface area contributed by atoms with Crippen LogP contribution >= 0.6 is 11.3 Å². The van der Waals surface area contributed by atoms with Crippen LogP contribution in [0, 0.1) is 0 Å². The molecule has 7 heteroatoms. The lowest BCUT2D eigenvalue weighted by Crippen LogP contribution is -2.08. The van der Waals surface area contributed by atoms with Crippen LogP contribution in [-0.4, -0.2) is 30.2 Å². The van der Waals surface area contributed by atoms with E-state index in [2.05, 4.69) is 50.5 Å². The normalized spacial score (nSPS) is 14.3. The monoisotopic (exact) mass is 546 g/mol. The van der Waals surface area contributed by atoms with Gasteiger partial charge in [-0.3, -0.25) is 4.98 Å². The first-order valence-electron chi connectivity index (χ1n) is 13.9. The van der Waals surface area contributed by atoms with Crippen LogP contribution in [-0.2, 0) is 13.6 Å². The third-order valence-corrected chi connectivity index (χ3v) is 9.40. The molecule has 1 saturated carbocycles. The number of aromatic nitrogens is 4. The third kappa shape index (κ3) is 4.31. The van der Waals surface area contributed by atoms with Gasteiger partial charge in [-0.25, -0.2) is 9.78 Å². The van der Waals surface area contributed by atoms with Crippen molar-refractivity contribution in [1.82, 2.24) is 19.1 Å². The molecule has 1 aromatic carbocycles. The highest BCUT2D eigenvalue weighted by molar-refractivity contribution is 7.21. The standard InChI is InChI=1S/C33H30N4O2S/c1-36-17-5-8-27(36)26-12-9-23-18-24(10-11-25(23)35-26)31-30(22-6-3-2-4-7-22)32-28(19-29(40-32)33(38)39)37(31)20-21-13-15-34-16-14-21/h5,8-19,22H,2-4,6-7,20H2,1H3,(H,38,39). The zero-order valence-electron chi connectivity index (χ0n) is 22.4. The number of carbonyl (C=O) groups is 1. The van der Waals surface area contributed by atoms with Crippen molar-refractivity contribution in [2.45, 2.75) is 44.6 Å². The number of hydrogen-bond donors (Lipinski definition) is 1. The Kier molecular flexibility index (Phi) is 6.24. The average Bonchev–Trinajstić information content (AvgIpc) is 3.68. The van der Waals surface area contributed by atoms with Gasteiger partial charge >= 0.3 is 5.97 Å². The van der Waals surface area contributed by atoms with Gasteiger partial charge < -0.3 is 14.2 Å². The van der Waals surface area contributed by atoms with E-state index < -0.39 is 5.97 Å². The van der Waals surface area contributed by atoms with E-state index in [9.17, 15) is 9.90 Å². The number of aromatic carboxylic acids is 1. The number of nitrogens with zero attached hydrogens (tertiary/aromatic N) is 4. The van der Waals surface area contributed by atoms with E-state index in [1.54, 1.807) is 0 Å². The molecule has 40 heavy (non-hydrogen) atoms. The molecular weight excluding hydrogens is 516 g/mol. The second-order valence-electron chi connectivity index (χ2n) is 10.8. The maximum atomic E-state index is 12.0. The summed E-state index contributed by atoms with van der Waals surface area (Å²) in [5.74, 6) is -0.447. The second kappa shape index (κ2) is 10.1. The van der Waals surface area contributed by atoms with Crippen LogP contribution in [0.4, 0.5) is 0 Å². The molecule has 6 aromatic rings. The highest BCUT2D eigenvalue weighted by Crippen LogP contribution is 2.47. The number of pyridine rings is 2. The smallest absolute Gasteiger partial charge is 0.345 e. The van der Waals surface area contributed by atoms with E-state index in [0.29, 0.717) is 17.3 Å². The molecule has 0 bridgehead atoms. The fourth-order valence-corrected chi connectivity index (χ4v) is 7.44. The number of thiophene rings is 1. The quantitative estimate of drug-likeness (QED) is 0.229. The van der Waals surface area contributed by atoms with Gasteiger partial charge in [0.05, 0.1) is 32.8 Å². The van der Waals surface area contributed by atoms with E-state index in [1.807, 2.05) is 49.9 Å². The number of carboxylic acids is 1. The largest absolute Gasteiger partial charge is 0.477 e. The maximum Gasteiger partial charge on any atom is 0.345 e. The highest BCUT2D eigenvalue weighted by Gasteiger charge is 2.29. The number of hydrogen-bond acceptors (Lipinski definition) is 4. The molecule has 0 aliphatic heterocycles. The molecule has 5 heterocycles. The lowest BCUT2D eigenvalue weighted by atomic mass is 9.83. The Balaban J connectivity index is 1.44. The van der Waals surface area contributed by atoms with Gasteiger partial charge in [-0.15, -0.1) is 11.3 Å². The highest BCUT2D eigenvalue weighted by atomic mass is 32.1. The summed E-state index contributed by atoms with van der Waals surface area (Å²) in [5, 5.41) is 11.0. The molecule has 0 unspecified atom stereocenters. The van der Waals surface area contributed by atoms with Gasteiger partial charge in [0.1, 0.15) is 4.88 Å². The first-order valence-corrected chi connectivity index (χ1v) is 14.7. The first kappa shape index (κ1) is 24.8. The van der Waals surface area contributed by atoms with Gasteiger partial charge in [-0.2, -0.15) is 0 Å². The summed E-state index contributed by atoms with van der Waals surface area (Å²) in [6.07, 6.45) is 11.6. The van der Waals surface area contributed by atoms with Crippen LogP contribution in [0.25, 0.3) is 43.8 Å². The molecule has 7 rings (SSSR count). The average molecular weight is 547 g/mol. The Hall–Kier alpha value is -4.23. The first-order chi connectivity index (χ1) is 19.6. The molecule has 1 aliphatic carbocycles. The summed E-state index contributed by atoms with van der Waals surface area (Å²) in [6.45, 7) is 0.652. The van der Waals surface area contributed by atoms with Crippen LogP contribution in [0.5, 0.6) is 0 Å². The zero-order valence-corrected chi connectivity index (χ0v) is 23.2. The van der Waals surface area contributed by atoms with Crippen molar-refractivity contribution in [3.8, 4) is 22.6 Å². The second-order valence-corrected chi connectivity index (χ2v) is 11.8. The Morgan fingerprint density at radius 1 is 1.02 bits per heavy atom. The van der Waals surface area contributed by atoms with Gasteiger partial charge in [0.15, 0.2) is 0 Å².